The fourth-order valence-corrected chi connectivity index (χ4v) is 32.1. The van der Waals surface area contributed by atoms with E-state index in [-0.39, 0.29) is 61.4 Å². The molecule has 17 heterocycles. The Balaban J connectivity index is 0.0000000937. The van der Waals surface area contributed by atoms with Gasteiger partial charge in [-0.2, -0.15) is 0 Å². The number of para-hydroxylation sites is 5. The van der Waals surface area contributed by atoms with Crippen molar-refractivity contribution in [3.63, 3.8) is 0 Å². The Morgan fingerprint density at radius 3 is 0.894 bits per heavy atom. The van der Waals surface area contributed by atoms with Crippen molar-refractivity contribution in [2.24, 2.45) is 69.7 Å². The number of aryl methyl sites for hydroxylation is 10. The molecule has 7 aliphatic heterocycles. The molecule has 3 spiro atoms. The Kier molecular flexibility index (Phi) is 18.7. The Morgan fingerprint density at radius 2 is 0.553 bits per heavy atom. The van der Waals surface area contributed by atoms with Gasteiger partial charge < -0.3 is 69.4 Å². The highest BCUT2D eigenvalue weighted by Gasteiger charge is 2.70. The van der Waals surface area contributed by atoms with Gasteiger partial charge in [-0.25, -0.2) is 0 Å². The number of aromatic nitrogens is 5. The van der Waals surface area contributed by atoms with E-state index >= 15 is 0 Å². The molecule has 6 aliphatic carbocycles. The average Bonchev–Trinajstić information content (AvgIpc) is 1.48. The molecule has 0 radical (unpaired) electrons. The highest BCUT2D eigenvalue weighted by Crippen LogP contribution is 2.74. The predicted molar refractivity (Wildman–Crippen MR) is 538 cm³/mol. The van der Waals surface area contributed by atoms with Crippen LogP contribution in [0.2, 0.25) is 0 Å². The molecule has 15 aromatic rings. The van der Waals surface area contributed by atoms with Crippen LogP contribution in [0.5, 0.6) is 0 Å². The lowest BCUT2D eigenvalue weighted by atomic mass is 9.47. The molecule has 6 saturated carbocycles. The van der Waals surface area contributed by atoms with Gasteiger partial charge in [0.2, 0.25) is 0 Å². The van der Waals surface area contributed by atoms with Crippen LogP contribution in [0, 0.1) is 69.1 Å². The Bertz CT molecular complexity index is 6950. The maximum atomic E-state index is 6.10. The molecule has 10 aromatic heterocycles. The summed E-state index contributed by atoms with van der Waals surface area (Å²) in [7, 11) is 11.1. The van der Waals surface area contributed by atoms with E-state index < -0.39 is 0 Å². The summed E-state index contributed by atoms with van der Waals surface area (Å²) >= 11 is 0. The number of furan rings is 5. The first kappa shape index (κ1) is 85.4. The van der Waals surface area contributed by atoms with Crippen molar-refractivity contribution < 1.29 is 22.1 Å². The van der Waals surface area contributed by atoms with Gasteiger partial charge in [-0.15, -0.1) is 0 Å². The summed E-state index contributed by atoms with van der Waals surface area (Å²) in [6, 6.07) is 52.5. The fraction of sp³-hybridized carbons (Fsp3) is 0.487. The number of benzene rings is 5. The maximum absolute atomic E-state index is 6.10. The molecular formula is C117H140N10O5. The van der Waals surface area contributed by atoms with Gasteiger partial charge in [-0.1, -0.05) is 178 Å². The normalized spacial score (nSPS) is 27.6. The van der Waals surface area contributed by atoms with E-state index in [1.807, 2.05) is 31.3 Å². The van der Waals surface area contributed by atoms with Gasteiger partial charge in [0.25, 0.3) is 0 Å². The number of hydrogen-bond acceptors (Lipinski definition) is 10. The summed E-state index contributed by atoms with van der Waals surface area (Å²) in [4.78, 5) is 13.7. The van der Waals surface area contributed by atoms with Crippen molar-refractivity contribution in [3.05, 3.63) is 266 Å². The minimum absolute atomic E-state index is 0.0177. The van der Waals surface area contributed by atoms with Gasteiger partial charge in [0.1, 0.15) is 0 Å². The molecule has 0 amide bonds. The number of fused-ring (bicyclic) bond motifs is 25. The van der Waals surface area contributed by atoms with Gasteiger partial charge >= 0.3 is 0 Å². The molecule has 0 saturated heterocycles. The smallest absolute Gasteiger partial charge is 0.157 e. The summed E-state index contributed by atoms with van der Waals surface area (Å²) in [5.74, 6) is 3.45. The van der Waals surface area contributed by atoms with E-state index in [0.29, 0.717) is 18.1 Å². The van der Waals surface area contributed by atoms with Crippen LogP contribution in [0.1, 0.15) is 319 Å². The zero-order chi connectivity index (χ0) is 92.2. The Labute approximate surface area is 781 Å². The standard InChI is InChI=1S/C26H30N2O.2C24H30N2O.C22H26N2O.C21H24N2O/c1-15-6-4-5-7-21(15)28-16(2)23-24-22(8-9-29-24)27(3)25(23)26(28)19-11-17-10-18(13-19)14-20(26)12-17;2*1-14-10-9-11-16-19(14)26-15(2)18-20-17(12-13-27-20)25(8)21(18)24(26,7)23(5,6)22(16,3)4;1-15-9-5-6-10-17(15)24-16(2)19-20-18(11-14-25-20)23(3)21(19)22(24)12-7-4-8-13-22;1-14-8-4-5-9-16(14)23-15(2)18-19-17(10-13-24-19)22(3)20(18)21(23)11-6-7-12-21/h4-9,16-20H,10-14H2,1-3H3;2*9-13,15H,1-8H3;5-6,9-11,14,16H,4,7-8,12-13H2,1-3H3;4-5,8-10,13,15H,6-7,11-12H2,1-3H3. The van der Waals surface area contributed by atoms with Crippen molar-refractivity contribution in [1.82, 2.24) is 22.8 Å². The third-order valence-corrected chi connectivity index (χ3v) is 39.2. The largest absolute Gasteiger partial charge is 0.462 e. The second kappa shape index (κ2) is 28.9. The molecule has 4 bridgehead atoms. The number of hydrogen-bond donors (Lipinski definition) is 0. The van der Waals surface area contributed by atoms with E-state index in [9.17, 15) is 0 Å². The van der Waals surface area contributed by atoms with Crippen molar-refractivity contribution >= 4 is 83.9 Å². The number of anilines is 5. The molecule has 0 N–H and O–H groups in total. The molecule has 28 rings (SSSR count). The molecule has 688 valence electrons. The van der Waals surface area contributed by atoms with Crippen LogP contribution >= 0.6 is 0 Å². The molecule has 7 unspecified atom stereocenters. The van der Waals surface area contributed by atoms with Crippen LogP contribution in [-0.4, -0.2) is 22.8 Å². The van der Waals surface area contributed by atoms with Crippen molar-refractivity contribution in [3.8, 4) is 0 Å². The van der Waals surface area contributed by atoms with Crippen LogP contribution in [0.25, 0.3) is 55.5 Å². The molecule has 5 aromatic carbocycles. The summed E-state index contributed by atoms with van der Waals surface area (Å²) in [6.07, 6.45) is 27.8. The Morgan fingerprint density at radius 1 is 0.280 bits per heavy atom. The molecule has 6 fully saturated rings. The SMILES string of the molecule is Cc1cccc2c1N1C(C)c3c(n(C)c4ccoc34)C1(C)C(C)(C)C2(C)C.Cc1cccc2c1N1C(C)c3c(n(C)c4ccoc34)C1(C)C(C)(C)C2(C)C.Cc1ccccc1N1C(C)c2c(n(C)c3ccoc23)C12C1CC3CC(C1)CC2C3.Cc1ccccc1N1C(C)c2c(n(C)c3ccoc23)C12CCCC2.Cc1ccccc1N1C(C)c2c(n(C)c3ccoc23)C12CCCCC2. The maximum Gasteiger partial charge on any atom is 0.157 e. The highest BCUT2D eigenvalue weighted by atomic mass is 16.3. The van der Waals surface area contributed by atoms with Gasteiger partial charge in [0.15, 0.2) is 27.9 Å². The topological polar surface area (TPSA) is 107 Å². The third-order valence-electron chi connectivity index (χ3n) is 39.2. The van der Waals surface area contributed by atoms with Crippen LogP contribution in [-0.2, 0) is 73.8 Å². The lowest BCUT2D eigenvalue weighted by Gasteiger charge is -2.64. The minimum atomic E-state index is -0.124. The van der Waals surface area contributed by atoms with E-state index in [1.165, 1.54) is 235 Å². The Hall–Kier alpha value is -10.8. The molecule has 15 heteroatoms. The lowest BCUT2D eigenvalue weighted by molar-refractivity contribution is -0.0629. The average molecular weight is 1770 g/mol. The van der Waals surface area contributed by atoms with Gasteiger partial charge in [-0.3, -0.25) is 0 Å². The summed E-state index contributed by atoms with van der Waals surface area (Å²) in [6.45, 7) is 47.5. The first-order valence-electron chi connectivity index (χ1n) is 50.2. The van der Waals surface area contributed by atoms with E-state index in [1.54, 1.807) is 5.69 Å². The van der Waals surface area contributed by atoms with Crippen molar-refractivity contribution in [2.45, 2.75) is 297 Å². The van der Waals surface area contributed by atoms with Crippen LogP contribution in [0.3, 0.4) is 0 Å². The van der Waals surface area contributed by atoms with E-state index in [2.05, 4.69) is 361 Å². The fourth-order valence-electron chi connectivity index (χ4n) is 32.1. The summed E-state index contributed by atoms with van der Waals surface area (Å²) in [5, 5.41) is 0. The zero-order valence-corrected chi connectivity index (χ0v) is 83.3. The zero-order valence-electron chi connectivity index (χ0n) is 83.3. The van der Waals surface area contributed by atoms with Crippen LogP contribution < -0.4 is 24.5 Å². The van der Waals surface area contributed by atoms with Gasteiger partial charge in [-0.05, 0) is 233 Å². The number of nitrogens with zero attached hydrogens (tertiary/aromatic N) is 10. The van der Waals surface area contributed by atoms with E-state index in [4.69, 9.17) is 22.1 Å². The highest BCUT2D eigenvalue weighted by molar-refractivity contribution is 5.91. The quantitative estimate of drug-likeness (QED) is 0.170. The molecule has 13 aliphatic rings. The molecule has 15 nitrogen and oxygen atoms in total. The van der Waals surface area contributed by atoms with Gasteiger partial charge in [0, 0.05) is 133 Å². The molecular weight excluding hydrogens is 1630 g/mol. The van der Waals surface area contributed by atoms with Crippen LogP contribution in [0.15, 0.2) is 193 Å². The number of rotatable bonds is 3. The second-order valence-electron chi connectivity index (χ2n) is 45.4. The van der Waals surface area contributed by atoms with Crippen molar-refractivity contribution in [1.29, 1.82) is 0 Å². The first-order valence-corrected chi connectivity index (χ1v) is 50.2. The summed E-state index contributed by atoms with van der Waals surface area (Å²) < 4.78 is 42.0. The lowest BCUT2D eigenvalue weighted by Crippen LogP contribution is -2.62. The third kappa shape index (κ3) is 10.5. The predicted octanol–water partition coefficient (Wildman–Crippen LogP) is 29.9. The van der Waals surface area contributed by atoms with Crippen LogP contribution in [0.4, 0.5) is 28.4 Å². The monoisotopic (exact) mass is 1770 g/mol. The first-order chi connectivity index (χ1) is 63.0. The van der Waals surface area contributed by atoms with E-state index in [0.717, 1.165) is 51.6 Å². The minimum Gasteiger partial charge on any atom is -0.462 e. The molecule has 132 heavy (non-hydrogen) atoms. The second-order valence-corrected chi connectivity index (χ2v) is 45.4. The summed E-state index contributed by atoms with van der Waals surface area (Å²) in [5.41, 5.74) is 43.0. The van der Waals surface area contributed by atoms with Crippen molar-refractivity contribution in [2.75, 3.05) is 24.5 Å². The molecule has 7 atom stereocenters. The van der Waals surface area contributed by atoms with Gasteiger partial charge in [0.05, 0.1) is 145 Å².